The maximum absolute atomic E-state index is 5.22. The molecule has 13 heavy (non-hydrogen) atoms. The summed E-state index contributed by atoms with van der Waals surface area (Å²) < 4.78 is 7.64. The van der Waals surface area contributed by atoms with Crippen molar-refractivity contribution in [3.05, 3.63) is 16.6 Å². The second kappa shape index (κ2) is 3.59. The third-order valence-corrected chi connectivity index (χ3v) is 2.32. The summed E-state index contributed by atoms with van der Waals surface area (Å²) in [7, 11) is 1.89. The van der Waals surface area contributed by atoms with Gasteiger partial charge in [0.15, 0.2) is 5.82 Å². The first-order valence-corrected chi connectivity index (χ1v) is 4.90. The average molecular weight is 244 g/mol. The number of nitrogens with zero attached hydrogens (tertiary/aromatic N) is 3. The molecular formula is C8H10BrN3O. The van der Waals surface area contributed by atoms with Gasteiger partial charge < -0.3 is 4.74 Å². The third kappa shape index (κ3) is 1.81. The van der Waals surface area contributed by atoms with E-state index < -0.39 is 0 Å². The van der Waals surface area contributed by atoms with Gasteiger partial charge in [0.1, 0.15) is 0 Å². The Morgan fingerprint density at radius 2 is 2.46 bits per heavy atom. The van der Waals surface area contributed by atoms with Crippen LogP contribution >= 0.6 is 15.9 Å². The molecule has 5 heteroatoms. The molecule has 1 aromatic rings. The molecule has 0 aliphatic carbocycles. The van der Waals surface area contributed by atoms with E-state index in [0.29, 0.717) is 11.3 Å². The van der Waals surface area contributed by atoms with Gasteiger partial charge in [0.05, 0.1) is 13.2 Å². The predicted molar refractivity (Wildman–Crippen MR) is 52.1 cm³/mol. The summed E-state index contributed by atoms with van der Waals surface area (Å²) >= 11 is 3.25. The van der Waals surface area contributed by atoms with E-state index in [2.05, 4.69) is 32.1 Å². The Bertz CT molecular complexity index is 345. The van der Waals surface area contributed by atoms with Gasteiger partial charge in [-0.25, -0.2) is 9.67 Å². The van der Waals surface area contributed by atoms with Crippen LogP contribution in [0, 0.1) is 0 Å². The van der Waals surface area contributed by atoms with Crippen molar-refractivity contribution in [2.45, 2.75) is 6.42 Å². The van der Waals surface area contributed by atoms with E-state index in [0.717, 1.165) is 18.9 Å². The molecule has 0 saturated heterocycles. The van der Waals surface area contributed by atoms with Crippen molar-refractivity contribution in [1.29, 1.82) is 0 Å². The molecule has 0 spiro atoms. The highest BCUT2D eigenvalue weighted by atomic mass is 79.9. The molecular weight excluding hydrogens is 234 g/mol. The van der Waals surface area contributed by atoms with Crippen molar-refractivity contribution in [2.24, 2.45) is 7.05 Å². The fraction of sp³-hybridized carbons (Fsp3) is 0.500. The van der Waals surface area contributed by atoms with E-state index in [9.17, 15) is 0 Å². The molecule has 4 nitrogen and oxygen atoms in total. The second-order valence-electron chi connectivity index (χ2n) is 2.88. The van der Waals surface area contributed by atoms with Crippen molar-refractivity contribution in [2.75, 3.05) is 13.2 Å². The summed E-state index contributed by atoms with van der Waals surface area (Å²) in [5, 5.41) is 4.13. The molecule has 0 atom stereocenters. The summed E-state index contributed by atoms with van der Waals surface area (Å²) in [5.41, 5.74) is 1.21. The molecule has 1 aliphatic rings. The van der Waals surface area contributed by atoms with Crippen LogP contribution in [-0.4, -0.2) is 28.0 Å². The topological polar surface area (TPSA) is 39.9 Å². The Kier molecular flexibility index (Phi) is 2.46. The standard InChI is InChI=1S/C8H10BrN3O/c1-12-7(10-8(9)11-12)6-2-4-13-5-3-6/h2H,3-5H2,1H3. The minimum atomic E-state index is 0.636. The number of rotatable bonds is 1. The fourth-order valence-electron chi connectivity index (χ4n) is 1.36. The van der Waals surface area contributed by atoms with Crippen LogP contribution in [0.1, 0.15) is 12.2 Å². The number of ether oxygens (including phenoxy) is 1. The molecule has 0 bridgehead atoms. The van der Waals surface area contributed by atoms with Crippen molar-refractivity contribution in [3.8, 4) is 0 Å². The van der Waals surface area contributed by atoms with E-state index in [1.165, 1.54) is 5.57 Å². The molecule has 0 unspecified atom stereocenters. The Hall–Kier alpha value is -0.680. The summed E-state index contributed by atoms with van der Waals surface area (Å²) in [6, 6.07) is 0. The lowest BCUT2D eigenvalue weighted by Gasteiger charge is -2.11. The maximum atomic E-state index is 5.22. The molecule has 1 aromatic heterocycles. The minimum absolute atomic E-state index is 0.636. The Balaban J connectivity index is 2.33. The maximum Gasteiger partial charge on any atom is 0.217 e. The highest BCUT2D eigenvalue weighted by molar-refractivity contribution is 9.10. The summed E-state index contributed by atoms with van der Waals surface area (Å²) in [5.74, 6) is 0.926. The number of halogens is 1. The SMILES string of the molecule is Cn1nc(Br)nc1C1=CCOCC1. The Morgan fingerprint density at radius 1 is 1.62 bits per heavy atom. The van der Waals surface area contributed by atoms with Crippen LogP contribution in [-0.2, 0) is 11.8 Å². The molecule has 2 heterocycles. The smallest absolute Gasteiger partial charge is 0.217 e. The van der Waals surface area contributed by atoms with Crippen LogP contribution in [0.4, 0.5) is 0 Å². The van der Waals surface area contributed by atoms with Crippen LogP contribution in [0.5, 0.6) is 0 Å². The normalized spacial score (nSPS) is 17.2. The van der Waals surface area contributed by atoms with Crippen molar-refractivity contribution < 1.29 is 4.74 Å². The average Bonchev–Trinajstić information content (AvgIpc) is 2.47. The Labute approximate surface area is 84.7 Å². The van der Waals surface area contributed by atoms with E-state index in [-0.39, 0.29) is 0 Å². The van der Waals surface area contributed by atoms with Crippen LogP contribution in [0.3, 0.4) is 0 Å². The van der Waals surface area contributed by atoms with Crippen molar-refractivity contribution in [3.63, 3.8) is 0 Å². The summed E-state index contributed by atoms with van der Waals surface area (Å²) in [6.45, 7) is 1.45. The highest BCUT2D eigenvalue weighted by Gasteiger charge is 2.12. The van der Waals surface area contributed by atoms with Crippen LogP contribution in [0.25, 0.3) is 5.57 Å². The summed E-state index contributed by atoms with van der Waals surface area (Å²) in [4.78, 5) is 4.28. The highest BCUT2D eigenvalue weighted by Crippen LogP contribution is 2.19. The van der Waals surface area contributed by atoms with Gasteiger partial charge in [-0.1, -0.05) is 6.08 Å². The number of hydrogen-bond acceptors (Lipinski definition) is 3. The fourth-order valence-corrected chi connectivity index (χ4v) is 1.77. The first kappa shape index (κ1) is 8.90. The van der Waals surface area contributed by atoms with Gasteiger partial charge in [0.2, 0.25) is 4.73 Å². The molecule has 0 aromatic carbocycles. The van der Waals surface area contributed by atoms with Gasteiger partial charge >= 0.3 is 0 Å². The largest absolute Gasteiger partial charge is 0.377 e. The minimum Gasteiger partial charge on any atom is -0.377 e. The number of aromatic nitrogens is 3. The van der Waals surface area contributed by atoms with Gasteiger partial charge in [0.25, 0.3) is 0 Å². The molecule has 1 aliphatic heterocycles. The molecule has 0 fully saturated rings. The monoisotopic (exact) mass is 243 g/mol. The van der Waals surface area contributed by atoms with Gasteiger partial charge in [0, 0.05) is 7.05 Å². The van der Waals surface area contributed by atoms with Gasteiger partial charge in [-0.15, -0.1) is 5.10 Å². The van der Waals surface area contributed by atoms with Crippen LogP contribution in [0.15, 0.2) is 10.8 Å². The molecule has 70 valence electrons. The quantitative estimate of drug-likeness (QED) is 0.749. The van der Waals surface area contributed by atoms with Crippen molar-refractivity contribution in [1.82, 2.24) is 14.8 Å². The third-order valence-electron chi connectivity index (χ3n) is 1.99. The first-order chi connectivity index (χ1) is 6.27. The zero-order chi connectivity index (χ0) is 9.26. The Morgan fingerprint density at radius 3 is 3.00 bits per heavy atom. The van der Waals surface area contributed by atoms with E-state index in [1.54, 1.807) is 4.68 Å². The lowest BCUT2D eigenvalue weighted by atomic mass is 10.1. The second-order valence-corrected chi connectivity index (χ2v) is 3.59. The predicted octanol–water partition coefficient (Wildman–Crippen LogP) is 1.38. The van der Waals surface area contributed by atoms with Gasteiger partial charge in [-0.3, -0.25) is 0 Å². The molecule has 2 rings (SSSR count). The van der Waals surface area contributed by atoms with Gasteiger partial charge in [-0.05, 0) is 27.9 Å². The molecule has 0 amide bonds. The summed E-state index contributed by atoms with van der Waals surface area (Å²) in [6.07, 6.45) is 2.97. The number of aryl methyl sites for hydroxylation is 1. The van der Waals surface area contributed by atoms with E-state index >= 15 is 0 Å². The lowest BCUT2D eigenvalue weighted by molar-refractivity contribution is 0.161. The molecule has 0 N–H and O–H groups in total. The molecule has 0 saturated carbocycles. The lowest BCUT2D eigenvalue weighted by Crippen LogP contribution is -2.07. The zero-order valence-corrected chi connectivity index (χ0v) is 8.91. The zero-order valence-electron chi connectivity index (χ0n) is 7.33. The first-order valence-electron chi connectivity index (χ1n) is 4.11. The van der Waals surface area contributed by atoms with Gasteiger partial charge in [-0.2, -0.15) is 0 Å². The van der Waals surface area contributed by atoms with E-state index in [4.69, 9.17) is 4.74 Å². The van der Waals surface area contributed by atoms with Crippen LogP contribution < -0.4 is 0 Å². The van der Waals surface area contributed by atoms with E-state index in [1.807, 2.05) is 7.05 Å². The van der Waals surface area contributed by atoms with Crippen molar-refractivity contribution >= 4 is 21.5 Å². The number of hydrogen-bond donors (Lipinski definition) is 0. The van der Waals surface area contributed by atoms with Crippen LogP contribution in [0.2, 0.25) is 0 Å². The molecule has 0 radical (unpaired) electrons.